The number of nitrogens with zero attached hydrogens (tertiary/aromatic N) is 4. The van der Waals surface area contributed by atoms with Gasteiger partial charge in [0, 0.05) is 24.8 Å². The van der Waals surface area contributed by atoms with Crippen LogP contribution in [-0.4, -0.2) is 38.5 Å². The Bertz CT molecular complexity index is 1500. The standard InChI is InChI=1S/C29H29F5N6O2/c30-28(31)9-6-19(7-10-28)26(39-27(42)20-3-1-2-17(12-20)14-35)22-16-40-23(37-22)13-21(15-36-40)25(18-4-5-18)38-24(41)8-11-29(32,33)34/h1-3,12-13,15-16,18-19,25-26H,4-11H2,(H,38,41)(H,39,42)/t25?,26-/m0/s1. The van der Waals surface area contributed by atoms with Gasteiger partial charge in [-0.3, -0.25) is 9.59 Å². The van der Waals surface area contributed by atoms with E-state index >= 15 is 0 Å². The molecule has 1 unspecified atom stereocenters. The van der Waals surface area contributed by atoms with Crippen molar-refractivity contribution < 1.29 is 31.5 Å². The number of fused-ring (bicyclic) bond motifs is 1. The molecule has 2 saturated carbocycles. The number of amides is 2. The second kappa shape index (κ2) is 11.7. The molecule has 2 aliphatic rings. The van der Waals surface area contributed by atoms with Crippen LogP contribution in [0.2, 0.25) is 0 Å². The lowest BCUT2D eigenvalue weighted by atomic mass is 9.81. The molecule has 222 valence electrons. The summed E-state index contributed by atoms with van der Waals surface area (Å²) >= 11 is 0. The molecule has 3 aromatic rings. The van der Waals surface area contributed by atoms with Crippen LogP contribution in [0.5, 0.6) is 0 Å². The molecule has 8 nitrogen and oxygen atoms in total. The van der Waals surface area contributed by atoms with Crippen LogP contribution in [-0.2, 0) is 4.79 Å². The number of aromatic nitrogens is 3. The Labute approximate surface area is 238 Å². The van der Waals surface area contributed by atoms with Crippen molar-refractivity contribution >= 4 is 17.5 Å². The molecule has 13 heteroatoms. The molecular weight excluding hydrogens is 559 g/mol. The summed E-state index contributed by atoms with van der Waals surface area (Å²) in [6, 6.07) is 8.58. The highest BCUT2D eigenvalue weighted by molar-refractivity contribution is 5.94. The number of imidazole rings is 1. The van der Waals surface area contributed by atoms with E-state index in [1.54, 1.807) is 30.5 Å². The quantitative estimate of drug-likeness (QED) is 0.307. The van der Waals surface area contributed by atoms with E-state index in [2.05, 4.69) is 20.7 Å². The molecule has 2 N–H and O–H groups in total. The van der Waals surface area contributed by atoms with Gasteiger partial charge in [-0.05, 0) is 67.3 Å². The fourth-order valence-corrected chi connectivity index (χ4v) is 5.42. The summed E-state index contributed by atoms with van der Waals surface area (Å²) < 4.78 is 67.2. The van der Waals surface area contributed by atoms with Crippen LogP contribution >= 0.6 is 0 Å². The number of alkyl halides is 5. The lowest BCUT2D eigenvalue weighted by Gasteiger charge is -2.33. The Kier molecular flexibility index (Phi) is 8.17. The van der Waals surface area contributed by atoms with Gasteiger partial charge < -0.3 is 10.6 Å². The summed E-state index contributed by atoms with van der Waals surface area (Å²) in [6.45, 7) is 0. The number of halogens is 5. The first kappa shape index (κ1) is 29.4. The maximum absolute atomic E-state index is 14.0. The third-order valence-corrected chi connectivity index (χ3v) is 7.86. The Balaban J connectivity index is 1.40. The van der Waals surface area contributed by atoms with Gasteiger partial charge >= 0.3 is 6.18 Å². The van der Waals surface area contributed by atoms with Crippen molar-refractivity contribution in [2.24, 2.45) is 11.8 Å². The predicted molar refractivity (Wildman–Crippen MR) is 140 cm³/mol. The van der Waals surface area contributed by atoms with Gasteiger partial charge in [-0.15, -0.1) is 0 Å². The van der Waals surface area contributed by atoms with Crippen molar-refractivity contribution in [3.63, 3.8) is 0 Å². The van der Waals surface area contributed by atoms with Crippen molar-refractivity contribution in [1.29, 1.82) is 5.26 Å². The fourth-order valence-electron chi connectivity index (χ4n) is 5.42. The molecule has 42 heavy (non-hydrogen) atoms. The van der Waals surface area contributed by atoms with E-state index in [1.165, 1.54) is 16.8 Å². The Morgan fingerprint density at radius 3 is 2.45 bits per heavy atom. The molecule has 5 rings (SSSR count). The third kappa shape index (κ3) is 7.21. The molecule has 0 spiro atoms. The van der Waals surface area contributed by atoms with E-state index in [1.807, 2.05) is 6.07 Å². The molecule has 2 amide bonds. The highest BCUT2D eigenvalue weighted by atomic mass is 19.4. The van der Waals surface area contributed by atoms with Crippen LogP contribution in [0.15, 0.2) is 42.7 Å². The number of hydrogen-bond acceptors (Lipinski definition) is 5. The molecule has 2 fully saturated rings. The number of benzene rings is 1. The Morgan fingerprint density at radius 2 is 1.79 bits per heavy atom. The highest BCUT2D eigenvalue weighted by Crippen LogP contribution is 2.43. The van der Waals surface area contributed by atoms with Crippen molar-refractivity contribution in [3.8, 4) is 6.07 Å². The van der Waals surface area contributed by atoms with Crippen molar-refractivity contribution in [3.05, 3.63) is 65.1 Å². The van der Waals surface area contributed by atoms with E-state index in [4.69, 9.17) is 0 Å². The van der Waals surface area contributed by atoms with Crippen LogP contribution in [0.25, 0.3) is 5.65 Å². The third-order valence-electron chi connectivity index (χ3n) is 7.86. The summed E-state index contributed by atoms with van der Waals surface area (Å²) in [5.41, 5.74) is 1.93. The summed E-state index contributed by atoms with van der Waals surface area (Å²) in [7, 11) is 0. The van der Waals surface area contributed by atoms with Gasteiger partial charge in [0.1, 0.15) is 0 Å². The minimum Gasteiger partial charge on any atom is -0.349 e. The summed E-state index contributed by atoms with van der Waals surface area (Å²) in [5.74, 6) is -4.21. The number of carbonyl (C=O) groups excluding carboxylic acids is 2. The summed E-state index contributed by atoms with van der Waals surface area (Å²) in [5, 5.41) is 19.2. The van der Waals surface area contributed by atoms with Crippen LogP contribution in [0, 0.1) is 23.2 Å². The lowest BCUT2D eigenvalue weighted by molar-refractivity contribution is -0.144. The molecule has 0 aliphatic heterocycles. The summed E-state index contributed by atoms with van der Waals surface area (Å²) in [6.07, 6.45) is -1.88. The minimum atomic E-state index is -4.43. The highest BCUT2D eigenvalue weighted by Gasteiger charge is 2.40. The molecule has 0 radical (unpaired) electrons. The number of hydrogen-bond donors (Lipinski definition) is 2. The van der Waals surface area contributed by atoms with E-state index in [0.29, 0.717) is 22.5 Å². The molecule has 0 saturated heterocycles. The first-order valence-corrected chi connectivity index (χ1v) is 13.8. The average molecular weight is 589 g/mol. The van der Waals surface area contributed by atoms with Crippen LogP contribution in [0.3, 0.4) is 0 Å². The van der Waals surface area contributed by atoms with E-state index in [0.717, 1.165) is 12.8 Å². The van der Waals surface area contributed by atoms with Crippen LogP contribution in [0.1, 0.15) is 90.6 Å². The average Bonchev–Trinajstić information content (AvgIpc) is 3.71. The van der Waals surface area contributed by atoms with E-state index in [9.17, 15) is 36.8 Å². The molecule has 2 aliphatic carbocycles. The molecule has 0 bridgehead atoms. The predicted octanol–water partition coefficient (Wildman–Crippen LogP) is 5.81. The first-order chi connectivity index (χ1) is 19.9. The lowest BCUT2D eigenvalue weighted by Crippen LogP contribution is -2.37. The van der Waals surface area contributed by atoms with Crippen LogP contribution < -0.4 is 10.6 Å². The monoisotopic (exact) mass is 588 g/mol. The zero-order valence-electron chi connectivity index (χ0n) is 22.5. The minimum absolute atomic E-state index is 0.0682. The van der Waals surface area contributed by atoms with Gasteiger partial charge in [-0.2, -0.15) is 23.5 Å². The number of nitriles is 1. The zero-order chi connectivity index (χ0) is 30.1. The van der Waals surface area contributed by atoms with E-state index < -0.39 is 48.8 Å². The maximum Gasteiger partial charge on any atom is 0.389 e. The zero-order valence-corrected chi connectivity index (χ0v) is 22.5. The first-order valence-electron chi connectivity index (χ1n) is 13.8. The van der Waals surface area contributed by atoms with Gasteiger partial charge in [-0.25, -0.2) is 18.3 Å². The summed E-state index contributed by atoms with van der Waals surface area (Å²) in [4.78, 5) is 30.1. The number of carbonyl (C=O) groups is 2. The van der Waals surface area contributed by atoms with Crippen molar-refractivity contribution in [1.82, 2.24) is 25.2 Å². The topological polar surface area (TPSA) is 112 Å². The SMILES string of the molecule is N#Cc1cccc(C(=O)N[C@H](c2cn3ncc(C(NC(=O)CCC(F)(F)F)C4CC4)cc3n2)C2CCC(F)(F)CC2)c1. The van der Waals surface area contributed by atoms with Gasteiger partial charge in [-0.1, -0.05) is 6.07 Å². The Morgan fingerprint density at radius 1 is 1.07 bits per heavy atom. The second-order valence-electron chi connectivity index (χ2n) is 11.1. The molecule has 2 heterocycles. The molecule has 1 aromatic carbocycles. The van der Waals surface area contributed by atoms with Gasteiger partial charge in [0.05, 0.1) is 48.2 Å². The van der Waals surface area contributed by atoms with E-state index in [-0.39, 0.29) is 43.1 Å². The fraction of sp³-hybridized carbons (Fsp3) is 0.483. The van der Waals surface area contributed by atoms with Crippen LogP contribution in [0.4, 0.5) is 22.0 Å². The molecule has 2 atom stereocenters. The maximum atomic E-state index is 14.0. The van der Waals surface area contributed by atoms with Crippen molar-refractivity contribution in [2.75, 3.05) is 0 Å². The Hall–Kier alpha value is -4.08. The van der Waals surface area contributed by atoms with Gasteiger partial charge in [0.2, 0.25) is 11.8 Å². The number of rotatable bonds is 9. The largest absolute Gasteiger partial charge is 0.389 e. The molecular formula is C29H29F5N6O2. The second-order valence-corrected chi connectivity index (χ2v) is 11.1. The normalized spacial score (nSPS) is 18.7. The van der Waals surface area contributed by atoms with Gasteiger partial charge in [0.25, 0.3) is 5.91 Å². The number of nitrogens with one attached hydrogen (secondary N) is 2. The molecule has 2 aromatic heterocycles. The van der Waals surface area contributed by atoms with Crippen molar-refractivity contribution in [2.45, 2.75) is 75.5 Å². The van der Waals surface area contributed by atoms with Gasteiger partial charge in [0.15, 0.2) is 5.65 Å². The smallest absolute Gasteiger partial charge is 0.349 e.